The third-order valence-electron chi connectivity index (χ3n) is 2.76. The van der Waals surface area contributed by atoms with Crippen molar-refractivity contribution >= 4 is 0 Å². The van der Waals surface area contributed by atoms with Gasteiger partial charge in [0.1, 0.15) is 0 Å². The molecule has 0 amide bonds. The van der Waals surface area contributed by atoms with E-state index in [-0.39, 0.29) is 0 Å². The molecule has 0 aromatic rings. The van der Waals surface area contributed by atoms with Crippen LogP contribution in [-0.2, 0) is 0 Å². The van der Waals surface area contributed by atoms with E-state index in [9.17, 15) is 13.2 Å². The highest BCUT2D eigenvalue weighted by Crippen LogP contribution is 2.17. The van der Waals surface area contributed by atoms with Crippen LogP contribution >= 0.6 is 0 Å². The molecule has 1 rings (SSSR count). The van der Waals surface area contributed by atoms with E-state index in [0.717, 1.165) is 25.9 Å². The number of hydrogen-bond acceptors (Lipinski definition) is 2. The fourth-order valence-corrected chi connectivity index (χ4v) is 2.00. The molecule has 1 saturated heterocycles. The molecule has 0 spiro atoms. The zero-order chi connectivity index (χ0) is 11.3. The Morgan fingerprint density at radius 2 is 2.13 bits per heavy atom. The van der Waals surface area contributed by atoms with Crippen molar-refractivity contribution in [3.8, 4) is 0 Å². The number of nitrogens with zero attached hydrogens (tertiary/aromatic N) is 1. The van der Waals surface area contributed by atoms with E-state index in [1.165, 1.54) is 18.4 Å². The predicted molar refractivity (Wildman–Crippen MR) is 53.8 cm³/mol. The van der Waals surface area contributed by atoms with Gasteiger partial charge >= 0.3 is 6.18 Å². The molecule has 1 N–H and O–H groups in total. The summed E-state index contributed by atoms with van der Waals surface area (Å²) in [7, 11) is 1.53. The summed E-state index contributed by atoms with van der Waals surface area (Å²) in [5, 5.41) is 3.26. The second-order valence-corrected chi connectivity index (χ2v) is 4.35. The molecule has 1 aliphatic rings. The van der Waals surface area contributed by atoms with E-state index < -0.39 is 12.7 Å². The Hall–Kier alpha value is -0.290. The van der Waals surface area contributed by atoms with E-state index in [2.05, 4.69) is 5.32 Å². The largest absolute Gasteiger partial charge is 0.401 e. The topological polar surface area (TPSA) is 15.3 Å². The molecule has 5 heteroatoms. The van der Waals surface area contributed by atoms with Gasteiger partial charge in [-0.3, -0.25) is 4.90 Å². The van der Waals surface area contributed by atoms with Crippen molar-refractivity contribution in [1.82, 2.24) is 10.2 Å². The van der Waals surface area contributed by atoms with Crippen molar-refractivity contribution in [1.29, 1.82) is 0 Å². The summed E-state index contributed by atoms with van der Waals surface area (Å²) >= 11 is 0. The first-order valence-electron chi connectivity index (χ1n) is 5.43. The number of rotatable bonds is 5. The van der Waals surface area contributed by atoms with Crippen molar-refractivity contribution < 1.29 is 13.2 Å². The normalized spacial score (nSPS) is 22.6. The molecule has 0 radical (unpaired) electrons. The predicted octanol–water partition coefficient (Wildman–Crippen LogP) is 1.87. The minimum Gasteiger partial charge on any atom is -0.316 e. The molecule has 0 aliphatic carbocycles. The molecule has 0 saturated carbocycles. The zero-order valence-electron chi connectivity index (χ0n) is 9.11. The van der Waals surface area contributed by atoms with Crippen LogP contribution in [0.5, 0.6) is 0 Å². The van der Waals surface area contributed by atoms with Crippen molar-refractivity contribution in [2.45, 2.75) is 25.4 Å². The Kier molecular flexibility index (Phi) is 4.86. The van der Waals surface area contributed by atoms with Crippen molar-refractivity contribution in [2.75, 3.05) is 33.2 Å². The van der Waals surface area contributed by atoms with Crippen LogP contribution in [0.1, 0.15) is 19.3 Å². The van der Waals surface area contributed by atoms with Gasteiger partial charge in [0.2, 0.25) is 0 Å². The number of halogens is 3. The van der Waals surface area contributed by atoms with Crippen LogP contribution in [0.2, 0.25) is 0 Å². The molecule has 1 fully saturated rings. The van der Waals surface area contributed by atoms with Gasteiger partial charge in [-0.15, -0.1) is 0 Å². The van der Waals surface area contributed by atoms with Crippen LogP contribution in [0, 0.1) is 5.92 Å². The van der Waals surface area contributed by atoms with Crippen LogP contribution in [-0.4, -0.2) is 44.3 Å². The third-order valence-corrected chi connectivity index (χ3v) is 2.76. The lowest BCUT2D eigenvalue weighted by Crippen LogP contribution is -2.31. The minimum atomic E-state index is -4.07. The summed E-state index contributed by atoms with van der Waals surface area (Å²) in [5.74, 6) is 0.671. The van der Waals surface area contributed by atoms with Crippen molar-refractivity contribution in [3.63, 3.8) is 0 Å². The molecular weight excluding hydrogens is 205 g/mol. The molecule has 0 aromatic heterocycles. The third kappa shape index (κ3) is 5.99. The highest BCUT2D eigenvalue weighted by atomic mass is 19.4. The summed E-state index contributed by atoms with van der Waals surface area (Å²) in [4.78, 5) is 1.35. The molecule has 15 heavy (non-hydrogen) atoms. The maximum Gasteiger partial charge on any atom is 0.401 e. The van der Waals surface area contributed by atoms with Crippen molar-refractivity contribution in [3.05, 3.63) is 0 Å². The average molecular weight is 224 g/mol. The Balaban J connectivity index is 2.03. The molecule has 1 aliphatic heterocycles. The Labute approximate surface area is 88.8 Å². The van der Waals surface area contributed by atoms with E-state index in [1.54, 1.807) is 0 Å². The first-order chi connectivity index (χ1) is 6.97. The van der Waals surface area contributed by atoms with Crippen LogP contribution < -0.4 is 5.32 Å². The van der Waals surface area contributed by atoms with Crippen molar-refractivity contribution in [2.24, 2.45) is 5.92 Å². The molecule has 1 atom stereocenters. The smallest absolute Gasteiger partial charge is 0.316 e. The van der Waals surface area contributed by atoms with E-state index in [0.29, 0.717) is 12.5 Å². The summed E-state index contributed by atoms with van der Waals surface area (Å²) in [5.41, 5.74) is 0. The summed E-state index contributed by atoms with van der Waals surface area (Å²) in [6, 6.07) is 0. The minimum absolute atomic E-state index is 0.538. The zero-order valence-corrected chi connectivity index (χ0v) is 9.11. The monoisotopic (exact) mass is 224 g/mol. The molecule has 2 nitrogen and oxygen atoms in total. The number of alkyl halides is 3. The average Bonchev–Trinajstić information content (AvgIpc) is 2.53. The second kappa shape index (κ2) is 5.70. The SMILES string of the molecule is CN(CCCC1CCNC1)CC(F)(F)F. The van der Waals surface area contributed by atoms with Gasteiger partial charge in [-0.05, 0) is 51.9 Å². The molecular formula is C10H19F3N2. The Morgan fingerprint density at radius 1 is 1.40 bits per heavy atom. The fraction of sp³-hybridized carbons (Fsp3) is 1.00. The maximum atomic E-state index is 12.0. The number of hydrogen-bond donors (Lipinski definition) is 1. The van der Waals surface area contributed by atoms with Gasteiger partial charge in [-0.1, -0.05) is 0 Å². The standard InChI is InChI=1S/C10H19F3N2/c1-15(8-10(11,12)13)6-2-3-9-4-5-14-7-9/h9,14H,2-8H2,1H3. The molecule has 1 heterocycles. The van der Waals surface area contributed by atoms with Gasteiger partial charge in [0, 0.05) is 0 Å². The Morgan fingerprint density at radius 3 is 2.67 bits per heavy atom. The Bertz CT molecular complexity index is 176. The lowest BCUT2D eigenvalue weighted by molar-refractivity contribution is -0.143. The van der Waals surface area contributed by atoms with E-state index >= 15 is 0 Å². The number of nitrogens with one attached hydrogen (secondary N) is 1. The highest BCUT2D eigenvalue weighted by molar-refractivity contribution is 4.71. The van der Waals surface area contributed by atoms with E-state index in [1.807, 2.05) is 0 Å². The molecule has 1 unspecified atom stereocenters. The van der Waals surface area contributed by atoms with Gasteiger partial charge in [0.05, 0.1) is 6.54 Å². The fourth-order valence-electron chi connectivity index (χ4n) is 2.00. The van der Waals surface area contributed by atoms with Crippen LogP contribution in [0.25, 0.3) is 0 Å². The second-order valence-electron chi connectivity index (χ2n) is 4.35. The van der Waals surface area contributed by atoms with Gasteiger partial charge in [-0.25, -0.2) is 0 Å². The van der Waals surface area contributed by atoms with Crippen LogP contribution in [0.4, 0.5) is 13.2 Å². The summed E-state index contributed by atoms with van der Waals surface area (Å²) < 4.78 is 35.9. The van der Waals surface area contributed by atoms with Gasteiger partial charge in [0.15, 0.2) is 0 Å². The molecule has 90 valence electrons. The van der Waals surface area contributed by atoms with Crippen LogP contribution in [0.15, 0.2) is 0 Å². The molecule has 0 aromatic carbocycles. The first kappa shape index (κ1) is 12.8. The summed E-state index contributed by atoms with van der Waals surface area (Å²) in [6.07, 6.45) is -0.999. The van der Waals surface area contributed by atoms with Gasteiger partial charge < -0.3 is 5.32 Å². The molecule has 0 bridgehead atoms. The summed E-state index contributed by atoms with van der Waals surface area (Å²) in [6.45, 7) is 1.83. The van der Waals surface area contributed by atoms with Gasteiger partial charge in [-0.2, -0.15) is 13.2 Å². The van der Waals surface area contributed by atoms with Crippen LogP contribution in [0.3, 0.4) is 0 Å². The lowest BCUT2D eigenvalue weighted by atomic mass is 10.0. The maximum absolute atomic E-state index is 12.0. The lowest BCUT2D eigenvalue weighted by Gasteiger charge is -2.19. The van der Waals surface area contributed by atoms with Gasteiger partial charge in [0.25, 0.3) is 0 Å². The highest BCUT2D eigenvalue weighted by Gasteiger charge is 2.28. The first-order valence-corrected chi connectivity index (χ1v) is 5.43. The quantitative estimate of drug-likeness (QED) is 0.767. The van der Waals surface area contributed by atoms with E-state index in [4.69, 9.17) is 0 Å².